The van der Waals surface area contributed by atoms with Gasteiger partial charge in [-0.25, -0.2) is 0 Å². The van der Waals surface area contributed by atoms with E-state index in [1.165, 1.54) is 0 Å². The van der Waals surface area contributed by atoms with Crippen molar-refractivity contribution in [3.05, 3.63) is 6.42 Å². The van der Waals surface area contributed by atoms with Gasteiger partial charge in [-0.05, 0) is 38.3 Å². The molecular formula is C10H17F3N. The molecule has 1 rings (SSSR count). The second kappa shape index (κ2) is 5.01. The minimum absolute atomic E-state index is 0.167. The minimum atomic E-state index is -4.01. The van der Waals surface area contributed by atoms with Gasteiger partial charge in [-0.15, -0.1) is 0 Å². The van der Waals surface area contributed by atoms with E-state index in [4.69, 9.17) is 0 Å². The first-order valence-electron chi connectivity index (χ1n) is 5.10. The molecule has 1 heterocycles. The lowest BCUT2D eigenvalue weighted by Gasteiger charge is -2.31. The SMILES string of the molecule is C[CH]C1CCN(CCC(F)(F)F)CC1. The molecule has 1 radical (unpaired) electrons. The zero-order valence-corrected chi connectivity index (χ0v) is 8.48. The van der Waals surface area contributed by atoms with E-state index in [1.54, 1.807) is 0 Å². The van der Waals surface area contributed by atoms with Gasteiger partial charge >= 0.3 is 6.18 Å². The third-order valence-electron chi connectivity index (χ3n) is 2.82. The lowest BCUT2D eigenvalue weighted by atomic mass is 9.94. The van der Waals surface area contributed by atoms with Crippen molar-refractivity contribution in [1.29, 1.82) is 0 Å². The first-order chi connectivity index (χ1) is 6.51. The summed E-state index contributed by atoms with van der Waals surface area (Å²) >= 11 is 0. The van der Waals surface area contributed by atoms with Crippen molar-refractivity contribution in [1.82, 2.24) is 4.90 Å². The maximum atomic E-state index is 11.9. The van der Waals surface area contributed by atoms with E-state index < -0.39 is 12.6 Å². The van der Waals surface area contributed by atoms with Crippen LogP contribution in [0.2, 0.25) is 0 Å². The molecule has 0 unspecified atom stereocenters. The van der Waals surface area contributed by atoms with Gasteiger partial charge in [0, 0.05) is 6.54 Å². The van der Waals surface area contributed by atoms with Crippen LogP contribution in [0.15, 0.2) is 0 Å². The summed E-state index contributed by atoms with van der Waals surface area (Å²) in [5, 5.41) is 0. The predicted molar refractivity (Wildman–Crippen MR) is 49.8 cm³/mol. The highest BCUT2D eigenvalue weighted by atomic mass is 19.4. The molecule has 0 N–H and O–H groups in total. The molecule has 1 aliphatic rings. The van der Waals surface area contributed by atoms with Crippen LogP contribution in [-0.2, 0) is 0 Å². The summed E-state index contributed by atoms with van der Waals surface area (Å²) in [6.07, 6.45) is -0.509. The minimum Gasteiger partial charge on any atom is -0.303 e. The van der Waals surface area contributed by atoms with Gasteiger partial charge in [0.15, 0.2) is 0 Å². The van der Waals surface area contributed by atoms with Crippen molar-refractivity contribution >= 4 is 0 Å². The average molecular weight is 208 g/mol. The molecule has 0 aliphatic carbocycles. The van der Waals surface area contributed by atoms with Gasteiger partial charge in [0.2, 0.25) is 0 Å². The number of hydrogen-bond acceptors (Lipinski definition) is 1. The highest BCUT2D eigenvalue weighted by molar-refractivity contribution is 4.79. The largest absolute Gasteiger partial charge is 0.390 e. The zero-order valence-electron chi connectivity index (χ0n) is 8.48. The normalized spacial score (nSPS) is 21.4. The number of likely N-dealkylation sites (tertiary alicyclic amines) is 1. The van der Waals surface area contributed by atoms with Crippen LogP contribution < -0.4 is 0 Å². The fraction of sp³-hybridized carbons (Fsp3) is 0.900. The Labute approximate surface area is 83.3 Å². The van der Waals surface area contributed by atoms with E-state index in [2.05, 4.69) is 6.42 Å². The molecule has 0 aromatic rings. The summed E-state index contributed by atoms with van der Waals surface area (Å²) in [5.41, 5.74) is 0. The van der Waals surface area contributed by atoms with E-state index in [-0.39, 0.29) is 6.54 Å². The van der Waals surface area contributed by atoms with E-state index in [0.29, 0.717) is 5.92 Å². The molecule has 0 saturated carbocycles. The van der Waals surface area contributed by atoms with Crippen molar-refractivity contribution in [2.45, 2.75) is 32.4 Å². The molecule has 4 heteroatoms. The van der Waals surface area contributed by atoms with Gasteiger partial charge in [-0.1, -0.05) is 6.92 Å². The van der Waals surface area contributed by atoms with E-state index in [1.807, 2.05) is 11.8 Å². The summed E-state index contributed by atoms with van der Waals surface area (Å²) in [5.74, 6) is 0.608. The average Bonchev–Trinajstić information content (AvgIpc) is 2.14. The lowest BCUT2D eigenvalue weighted by Crippen LogP contribution is -2.35. The zero-order chi connectivity index (χ0) is 10.6. The Morgan fingerprint density at radius 2 is 1.86 bits per heavy atom. The molecule has 0 amide bonds. The topological polar surface area (TPSA) is 3.24 Å². The second-order valence-corrected chi connectivity index (χ2v) is 3.88. The maximum Gasteiger partial charge on any atom is 0.390 e. The number of rotatable bonds is 3. The molecule has 1 aliphatic heterocycles. The molecule has 1 nitrogen and oxygen atoms in total. The van der Waals surface area contributed by atoms with Crippen molar-refractivity contribution in [2.24, 2.45) is 5.92 Å². The summed E-state index contributed by atoms with van der Waals surface area (Å²) < 4.78 is 35.8. The van der Waals surface area contributed by atoms with Crippen LogP contribution in [0.25, 0.3) is 0 Å². The van der Waals surface area contributed by atoms with E-state index in [0.717, 1.165) is 25.9 Å². The van der Waals surface area contributed by atoms with Gasteiger partial charge in [-0.2, -0.15) is 13.2 Å². The van der Waals surface area contributed by atoms with Crippen molar-refractivity contribution in [3.8, 4) is 0 Å². The number of alkyl halides is 3. The number of piperidine rings is 1. The molecule has 0 bridgehead atoms. The predicted octanol–water partition coefficient (Wildman–Crippen LogP) is 2.87. The Morgan fingerprint density at radius 1 is 1.29 bits per heavy atom. The Hall–Kier alpha value is -0.250. The fourth-order valence-corrected chi connectivity index (χ4v) is 1.79. The van der Waals surface area contributed by atoms with Gasteiger partial charge in [0.05, 0.1) is 6.42 Å². The monoisotopic (exact) mass is 208 g/mol. The third kappa shape index (κ3) is 4.31. The standard InChI is InChI=1S/C10H17F3N/c1-2-9-3-6-14(7-4-9)8-5-10(11,12)13/h2,9H,3-8H2,1H3. The molecule has 1 saturated heterocycles. The molecule has 0 aromatic heterocycles. The Balaban J connectivity index is 2.16. The van der Waals surface area contributed by atoms with Crippen LogP contribution in [0.4, 0.5) is 13.2 Å². The molecular weight excluding hydrogens is 191 g/mol. The lowest BCUT2D eigenvalue weighted by molar-refractivity contribution is -0.138. The Kier molecular flexibility index (Phi) is 4.23. The van der Waals surface area contributed by atoms with Crippen LogP contribution in [-0.4, -0.2) is 30.7 Å². The van der Waals surface area contributed by atoms with Crippen LogP contribution in [0.5, 0.6) is 0 Å². The van der Waals surface area contributed by atoms with Gasteiger partial charge in [0.25, 0.3) is 0 Å². The van der Waals surface area contributed by atoms with E-state index >= 15 is 0 Å². The molecule has 0 spiro atoms. The molecule has 1 fully saturated rings. The van der Waals surface area contributed by atoms with Crippen molar-refractivity contribution < 1.29 is 13.2 Å². The quantitative estimate of drug-likeness (QED) is 0.689. The Morgan fingerprint density at radius 3 is 2.29 bits per heavy atom. The van der Waals surface area contributed by atoms with Gasteiger partial charge < -0.3 is 4.90 Å². The fourth-order valence-electron chi connectivity index (χ4n) is 1.79. The molecule has 14 heavy (non-hydrogen) atoms. The van der Waals surface area contributed by atoms with E-state index in [9.17, 15) is 13.2 Å². The number of halogens is 3. The first-order valence-corrected chi connectivity index (χ1v) is 5.10. The summed E-state index contributed by atoms with van der Waals surface area (Å²) in [6.45, 7) is 3.81. The van der Waals surface area contributed by atoms with Crippen LogP contribution >= 0.6 is 0 Å². The highest BCUT2D eigenvalue weighted by Crippen LogP contribution is 2.23. The second-order valence-electron chi connectivity index (χ2n) is 3.88. The van der Waals surface area contributed by atoms with Crippen LogP contribution in [0, 0.1) is 12.3 Å². The molecule has 0 aromatic carbocycles. The third-order valence-corrected chi connectivity index (χ3v) is 2.82. The van der Waals surface area contributed by atoms with Gasteiger partial charge in [0.1, 0.15) is 0 Å². The smallest absolute Gasteiger partial charge is 0.303 e. The molecule has 0 atom stereocenters. The van der Waals surface area contributed by atoms with Crippen molar-refractivity contribution in [2.75, 3.05) is 19.6 Å². The summed E-state index contributed by atoms with van der Waals surface area (Å²) in [6, 6.07) is 0. The maximum absolute atomic E-state index is 11.9. The summed E-state index contributed by atoms with van der Waals surface area (Å²) in [7, 11) is 0. The number of nitrogens with zero attached hydrogens (tertiary/aromatic N) is 1. The molecule has 83 valence electrons. The van der Waals surface area contributed by atoms with Gasteiger partial charge in [-0.3, -0.25) is 0 Å². The van der Waals surface area contributed by atoms with Crippen molar-refractivity contribution in [3.63, 3.8) is 0 Å². The first kappa shape index (κ1) is 11.8. The summed E-state index contributed by atoms with van der Waals surface area (Å²) in [4.78, 5) is 1.91. The van der Waals surface area contributed by atoms with Crippen LogP contribution in [0.1, 0.15) is 26.2 Å². The number of hydrogen-bond donors (Lipinski definition) is 0. The highest BCUT2D eigenvalue weighted by Gasteiger charge is 2.28. The Bertz CT molecular complexity index is 159. The van der Waals surface area contributed by atoms with Crippen LogP contribution in [0.3, 0.4) is 0 Å².